The largest absolute Gasteiger partial charge is 0.506 e. The molecule has 0 unspecified atom stereocenters. The Morgan fingerprint density at radius 1 is 1.53 bits per heavy atom. The summed E-state index contributed by atoms with van der Waals surface area (Å²) in [6.07, 6.45) is 0. The molecule has 1 aromatic rings. The smallest absolute Gasteiger partial charge is 0.339 e. The lowest BCUT2D eigenvalue weighted by molar-refractivity contribution is 0.0693. The molecule has 2 N–H and O–H groups in total. The van der Waals surface area contributed by atoms with Crippen molar-refractivity contribution < 1.29 is 15.0 Å². The Morgan fingerprint density at radius 3 is 2.60 bits per heavy atom. The van der Waals surface area contributed by atoms with Gasteiger partial charge in [0.25, 0.3) is 0 Å². The summed E-state index contributed by atoms with van der Waals surface area (Å²) in [5.74, 6) is -1.53. The number of aryl methyl sites for hydroxylation is 1. The highest BCUT2D eigenvalue weighted by Gasteiger charge is 2.17. The highest BCUT2D eigenvalue weighted by molar-refractivity contribution is 8.03. The average Bonchev–Trinajstić information content (AvgIpc) is 2.18. The molecular weight excluding hydrogens is 214 g/mol. The Hall–Kier alpha value is -1.67. The van der Waals surface area contributed by atoms with E-state index in [1.54, 1.807) is 13.8 Å². The van der Waals surface area contributed by atoms with Crippen molar-refractivity contribution in [2.24, 2.45) is 0 Å². The maximum absolute atomic E-state index is 10.8. The first kappa shape index (κ1) is 11.4. The molecule has 0 spiro atoms. The second-order valence-corrected chi connectivity index (χ2v) is 3.84. The Morgan fingerprint density at radius 2 is 2.13 bits per heavy atom. The van der Waals surface area contributed by atoms with Crippen molar-refractivity contribution in [2.75, 3.05) is 0 Å². The summed E-state index contributed by atoms with van der Waals surface area (Å²) in [5, 5.41) is 28.8. The Bertz CT molecular complexity index is 463. The van der Waals surface area contributed by atoms with E-state index < -0.39 is 5.97 Å². The molecule has 0 amide bonds. The predicted molar refractivity (Wildman–Crippen MR) is 56.0 cm³/mol. The van der Waals surface area contributed by atoms with Crippen LogP contribution < -0.4 is 0 Å². The minimum Gasteiger partial charge on any atom is -0.506 e. The summed E-state index contributed by atoms with van der Waals surface area (Å²) < 4.78 is 0. The summed E-state index contributed by atoms with van der Waals surface area (Å²) in [6, 6.07) is 1.40. The van der Waals surface area contributed by atoms with Crippen LogP contribution in [0.4, 0.5) is 0 Å². The van der Waals surface area contributed by atoms with E-state index in [2.05, 4.69) is 0 Å². The van der Waals surface area contributed by atoms with E-state index in [1.807, 2.05) is 5.40 Å². The van der Waals surface area contributed by atoms with E-state index in [9.17, 15) is 9.90 Å². The number of phenols is 1. The normalized spacial score (nSPS) is 9.67. The fourth-order valence-corrected chi connectivity index (χ4v) is 1.82. The molecule has 0 saturated carbocycles. The van der Waals surface area contributed by atoms with Gasteiger partial charge < -0.3 is 10.2 Å². The molecule has 0 bridgehead atoms. The number of carboxylic acids is 1. The number of nitrogens with zero attached hydrogens (tertiary/aromatic N) is 1. The molecule has 4 nitrogen and oxygen atoms in total. The number of aromatic hydroxyl groups is 1. The molecule has 0 fully saturated rings. The first-order valence-electron chi connectivity index (χ1n) is 4.11. The van der Waals surface area contributed by atoms with Gasteiger partial charge in [-0.25, -0.2) is 4.79 Å². The van der Waals surface area contributed by atoms with E-state index in [4.69, 9.17) is 10.4 Å². The van der Waals surface area contributed by atoms with Crippen LogP contribution in [0.3, 0.4) is 0 Å². The number of aromatic carboxylic acids is 1. The third-order valence-electron chi connectivity index (χ3n) is 2.14. The van der Waals surface area contributed by atoms with E-state index >= 15 is 0 Å². The van der Waals surface area contributed by atoms with Crippen LogP contribution in [0.25, 0.3) is 0 Å². The van der Waals surface area contributed by atoms with Crippen molar-refractivity contribution in [2.45, 2.75) is 18.7 Å². The number of nitriles is 1. The van der Waals surface area contributed by atoms with Crippen molar-refractivity contribution in [1.82, 2.24) is 0 Å². The minimum absolute atomic E-state index is 0.171. The molecule has 0 saturated heterocycles. The van der Waals surface area contributed by atoms with Gasteiger partial charge in [0, 0.05) is 0 Å². The molecule has 0 aliphatic carbocycles. The van der Waals surface area contributed by atoms with Gasteiger partial charge in [-0.05, 0) is 42.8 Å². The summed E-state index contributed by atoms with van der Waals surface area (Å²) in [4.78, 5) is 11.1. The molecule has 1 aromatic carbocycles. The van der Waals surface area contributed by atoms with Gasteiger partial charge in [0.05, 0.1) is 4.90 Å². The highest BCUT2D eigenvalue weighted by Crippen LogP contribution is 2.36. The molecule has 0 aliphatic rings. The van der Waals surface area contributed by atoms with Gasteiger partial charge in [0.1, 0.15) is 16.7 Å². The van der Waals surface area contributed by atoms with Gasteiger partial charge in [-0.3, -0.25) is 0 Å². The highest BCUT2D eigenvalue weighted by atomic mass is 32.2. The molecule has 0 aliphatic heterocycles. The van der Waals surface area contributed by atoms with E-state index in [-0.39, 0.29) is 11.3 Å². The van der Waals surface area contributed by atoms with Crippen LogP contribution in [0.2, 0.25) is 0 Å². The Balaban J connectivity index is 3.50. The SMILES string of the molecule is Cc1cc(C(=O)O)c(O)c(SC#N)c1C. The average molecular weight is 223 g/mol. The standard InChI is InChI=1S/C10H9NO3S/c1-5-3-7(10(13)14)8(12)9(6(5)2)15-4-11/h3,12H,1-2H3,(H,13,14). The number of carbonyl (C=O) groups is 1. The van der Waals surface area contributed by atoms with Crippen molar-refractivity contribution in [3.63, 3.8) is 0 Å². The van der Waals surface area contributed by atoms with Crippen LogP contribution >= 0.6 is 11.8 Å². The molecule has 1 rings (SSSR count). The number of carboxylic acid groups (broad SMARTS) is 1. The lowest BCUT2D eigenvalue weighted by Crippen LogP contribution is -2.00. The van der Waals surface area contributed by atoms with Crippen LogP contribution in [-0.4, -0.2) is 16.2 Å². The van der Waals surface area contributed by atoms with Gasteiger partial charge in [-0.2, -0.15) is 5.26 Å². The second-order valence-electron chi connectivity index (χ2n) is 3.04. The lowest BCUT2D eigenvalue weighted by atomic mass is 10.1. The van der Waals surface area contributed by atoms with Crippen molar-refractivity contribution in [3.8, 4) is 11.2 Å². The zero-order valence-corrected chi connectivity index (χ0v) is 9.05. The maximum Gasteiger partial charge on any atom is 0.339 e. The zero-order chi connectivity index (χ0) is 11.6. The van der Waals surface area contributed by atoms with Crippen LogP contribution in [0, 0.1) is 24.5 Å². The van der Waals surface area contributed by atoms with E-state index in [0.717, 1.165) is 22.9 Å². The van der Waals surface area contributed by atoms with E-state index in [0.29, 0.717) is 4.90 Å². The van der Waals surface area contributed by atoms with Crippen molar-refractivity contribution in [3.05, 3.63) is 22.8 Å². The number of thiocyanates is 1. The van der Waals surface area contributed by atoms with Gasteiger partial charge in [-0.15, -0.1) is 0 Å². The van der Waals surface area contributed by atoms with Gasteiger partial charge in [-0.1, -0.05) is 0 Å². The fourth-order valence-electron chi connectivity index (χ4n) is 1.21. The monoisotopic (exact) mass is 223 g/mol. The van der Waals surface area contributed by atoms with Gasteiger partial charge >= 0.3 is 5.97 Å². The predicted octanol–water partition coefficient (Wildman–Crippen LogP) is 2.28. The number of hydrogen-bond donors (Lipinski definition) is 2. The quantitative estimate of drug-likeness (QED) is 0.593. The minimum atomic E-state index is -1.20. The maximum atomic E-state index is 10.8. The lowest BCUT2D eigenvalue weighted by Gasteiger charge is -2.10. The Kier molecular flexibility index (Phi) is 3.22. The van der Waals surface area contributed by atoms with Crippen LogP contribution in [0.1, 0.15) is 21.5 Å². The molecular formula is C10H9NO3S. The number of hydrogen-bond acceptors (Lipinski definition) is 4. The van der Waals surface area contributed by atoms with Gasteiger partial charge in [0.2, 0.25) is 0 Å². The second kappa shape index (κ2) is 4.24. The molecule has 0 aromatic heterocycles. The van der Waals surface area contributed by atoms with Crippen molar-refractivity contribution in [1.29, 1.82) is 5.26 Å². The van der Waals surface area contributed by atoms with E-state index in [1.165, 1.54) is 6.07 Å². The van der Waals surface area contributed by atoms with Crippen LogP contribution in [-0.2, 0) is 0 Å². The van der Waals surface area contributed by atoms with Crippen molar-refractivity contribution >= 4 is 17.7 Å². The summed E-state index contributed by atoms with van der Waals surface area (Å²) in [7, 11) is 0. The number of benzene rings is 1. The van der Waals surface area contributed by atoms with Crippen LogP contribution in [0.15, 0.2) is 11.0 Å². The van der Waals surface area contributed by atoms with Gasteiger partial charge in [0.15, 0.2) is 0 Å². The first-order chi connectivity index (χ1) is 6.99. The topological polar surface area (TPSA) is 81.3 Å². The number of thioether (sulfide) groups is 1. The van der Waals surface area contributed by atoms with Crippen LogP contribution in [0.5, 0.6) is 5.75 Å². The molecule has 0 radical (unpaired) electrons. The first-order valence-corrected chi connectivity index (χ1v) is 4.93. The third kappa shape index (κ3) is 2.05. The summed E-state index contributed by atoms with van der Waals surface area (Å²) in [5.41, 5.74) is 1.29. The summed E-state index contributed by atoms with van der Waals surface area (Å²) in [6.45, 7) is 3.48. The zero-order valence-electron chi connectivity index (χ0n) is 8.24. The molecule has 5 heteroatoms. The molecule has 0 atom stereocenters. The summed E-state index contributed by atoms with van der Waals surface area (Å²) >= 11 is 0.766. The third-order valence-corrected chi connectivity index (χ3v) is 2.94. The fraction of sp³-hybridized carbons (Fsp3) is 0.200. The molecule has 15 heavy (non-hydrogen) atoms. The molecule has 78 valence electrons. The number of rotatable bonds is 2. The Labute approximate surface area is 91.2 Å². The molecule has 0 heterocycles.